The molecule has 0 aliphatic carbocycles. The van der Waals surface area contributed by atoms with E-state index in [1.165, 1.54) is 28.0 Å². The van der Waals surface area contributed by atoms with Gasteiger partial charge in [0.05, 0.1) is 10.5 Å². The maximum atomic E-state index is 12.6. The van der Waals surface area contributed by atoms with Gasteiger partial charge in [0.15, 0.2) is 0 Å². The van der Waals surface area contributed by atoms with Crippen LogP contribution in [0.15, 0.2) is 46.7 Å². The molecule has 0 atom stereocenters. The number of thiocarbonyl (C=S) groups is 1. The van der Waals surface area contributed by atoms with E-state index in [1.54, 1.807) is 17.4 Å². The molecule has 3 heterocycles. The van der Waals surface area contributed by atoms with Crippen molar-refractivity contribution in [2.24, 2.45) is 5.73 Å². The molecule has 4 rings (SSSR count). The molecule has 0 radical (unpaired) electrons. The number of thiophene rings is 2. The molecule has 3 aromatic rings. The van der Waals surface area contributed by atoms with Crippen molar-refractivity contribution in [1.82, 2.24) is 4.90 Å². The second kappa shape index (κ2) is 9.31. The normalized spacial score (nSPS) is 15.2. The molecule has 1 saturated heterocycles. The summed E-state index contributed by atoms with van der Waals surface area (Å²) in [5.41, 5.74) is 5.85. The van der Waals surface area contributed by atoms with Crippen molar-refractivity contribution >= 4 is 89.9 Å². The lowest BCUT2D eigenvalue weighted by Gasteiger charge is -2.14. The number of anilines is 1. The number of nitrogens with two attached hydrogens (primary N) is 1. The molecule has 1 fully saturated rings. The van der Waals surface area contributed by atoms with Gasteiger partial charge >= 0.3 is 0 Å². The van der Waals surface area contributed by atoms with Crippen molar-refractivity contribution in [1.29, 1.82) is 0 Å². The van der Waals surface area contributed by atoms with Crippen LogP contribution in [0.25, 0.3) is 16.2 Å². The largest absolute Gasteiger partial charge is 0.365 e. The van der Waals surface area contributed by atoms with Gasteiger partial charge in [0.25, 0.3) is 11.8 Å². The highest BCUT2D eigenvalue weighted by Gasteiger charge is 2.31. The molecule has 3 N–H and O–H groups in total. The number of hydrogen-bond acceptors (Lipinski definition) is 7. The summed E-state index contributed by atoms with van der Waals surface area (Å²) >= 11 is 9.48. The van der Waals surface area contributed by atoms with E-state index in [1.807, 2.05) is 41.8 Å². The van der Waals surface area contributed by atoms with E-state index in [-0.39, 0.29) is 18.2 Å². The van der Waals surface area contributed by atoms with Crippen molar-refractivity contribution in [2.45, 2.75) is 12.8 Å². The smallest absolute Gasteiger partial charge is 0.266 e. The van der Waals surface area contributed by atoms with E-state index in [0.717, 1.165) is 15.0 Å². The predicted molar refractivity (Wildman–Crippen MR) is 132 cm³/mol. The zero-order chi connectivity index (χ0) is 22.0. The van der Waals surface area contributed by atoms with E-state index in [0.29, 0.717) is 32.8 Å². The molecule has 31 heavy (non-hydrogen) atoms. The molecule has 1 aromatic carbocycles. The number of fused-ring (bicyclic) bond motifs is 1. The van der Waals surface area contributed by atoms with Crippen LogP contribution in [0.5, 0.6) is 0 Å². The molecule has 0 unspecified atom stereocenters. The summed E-state index contributed by atoms with van der Waals surface area (Å²) in [5, 5.41) is 5.92. The van der Waals surface area contributed by atoms with Crippen molar-refractivity contribution < 1.29 is 14.4 Å². The van der Waals surface area contributed by atoms with Crippen molar-refractivity contribution in [3.8, 4) is 0 Å². The predicted octanol–water partition coefficient (Wildman–Crippen LogP) is 4.68. The molecular formula is C21H17N3O3S4. The number of rotatable bonds is 7. The number of nitrogens with one attached hydrogen (secondary N) is 1. The van der Waals surface area contributed by atoms with E-state index >= 15 is 0 Å². The Morgan fingerprint density at radius 3 is 2.74 bits per heavy atom. The van der Waals surface area contributed by atoms with E-state index in [4.69, 9.17) is 18.0 Å². The Morgan fingerprint density at radius 1 is 1.19 bits per heavy atom. The highest BCUT2D eigenvalue weighted by molar-refractivity contribution is 8.26. The van der Waals surface area contributed by atoms with E-state index in [2.05, 4.69) is 5.32 Å². The quantitative estimate of drug-likeness (QED) is 0.373. The zero-order valence-corrected chi connectivity index (χ0v) is 19.4. The molecule has 3 amide bonds. The fraction of sp³-hybridized carbons (Fsp3) is 0.143. The van der Waals surface area contributed by atoms with Crippen LogP contribution in [0.1, 0.15) is 28.1 Å². The van der Waals surface area contributed by atoms with Gasteiger partial charge in [0.2, 0.25) is 5.91 Å². The Bertz CT molecular complexity index is 1210. The topological polar surface area (TPSA) is 92.5 Å². The molecule has 0 bridgehead atoms. The van der Waals surface area contributed by atoms with Gasteiger partial charge in [-0.2, -0.15) is 0 Å². The lowest BCUT2D eigenvalue weighted by atomic mass is 10.1. The molecule has 10 heteroatoms. The number of carbonyl (C=O) groups is 3. The maximum Gasteiger partial charge on any atom is 0.266 e. The summed E-state index contributed by atoms with van der Waals surface area (Å²) < 4.78 is 1.37. The van der Waals surface area contributed by atoms with Gasteiger partial charge in [-0.3, -0.25) is 19.3 Å². The van der Waals surface area contributed by atoms with Crippen LogP contribution in [-0.2, 0) is 9.59 Å². The van der Waals surface area contributed by atoms with E-state index in [9.17, 15) is 14.4 Å². The first-order valence-electron chi connectivity index (χ1n) is 9.34. The highest BCUT2D eigenvalue weighted by Crippen LogP contribution is 2.36. The van der Waals surface area contributed by atoms with Crippen molar-refractivity contribution in [3.63, 3.8) is 0 Å². The molecule has 0 saturated carbocycles. The SMILES string of the molecule is NC(=O)c1c(NC(=O)CCCN2C(=O)/C(=C\c3cccs3)SC2=S)sc2ccccc12. The molecule has 6 nitrogen and oxygen atoms in total. The van der Waals surface area contributed by atoms with Gasteiger partial charge in [0.1, 0.15) is 9.32 Å². The average molecular weight is 488 g/mol. The van der Waals surface area contributed by atoms with Gasteiger partial charge in [0, 0.05) is 27.9 Å². The number of nitrogens with zero attached hydrogens (tertiary/aromatic N) is 1. The number of hydrogen-bond donors (Lipinski definition) is 2. The molecule has 2 aromatic heterocycles. The Kier molecular flexibility index (Phi) is 6.51. The summed E-state index contributed by atoms with van der Waals surface area (Å²) in [6, 6.07) is 11.2. The summed E-state index contributed by atoms with van der Waals surface area (Å²) in [4.78, 5) is 40.1. The lowest BCUT2D eigenvalue weighted by molar-refractivity contribution is -0.122. The van der Waals surface area contributed by atoms with Crippen LogP contribution in [0.4, 0.5) is 5.00 Å². The van der Waals surface area contributed by atoms with Crippen LogP contribution in [0.3, 0.4) is 0 Å². The van der Waals surface area contributed by atoms with Crippen molar-refractivity contribution in [2.75, 3.05) is 11.9 Å². The minimum atomic E-state index is -0.581. The molecule has 1 aliphatic rings. The number of primary amides is 1. The van der Waals surface area contributed by atoms with Gasteiger partial charge in [-0.25, -0.2) is 0 Å². The first-order valence-corrected chi connectivity index (χ1v) is 12.3. The summed E-state index contributed by atoms with van der Waals surface area (Å²) in [7, 11) is 0. The highest BCUT2D eigenvalue weighted by atomic mass is 32.2. The summed E-state index contributed by atoms with van der Waals surface area (Å²) in [5.74, 6) is -0.958. The third-order valence-electron chi connectivity index (χ3n) is 4.57. The fourth-order valence-corrected chi connectivity index (χ4v) is 6.32. The fourth-order valence-electron chi connectivity index (χ4n) is 3.16. The first-order chi connectivity index (χ1) is 14.9. The monoisotopic (exact) mass is 487 g/mol. The summed E-state index contributed by atoms with van der Waals surface area (Å²) in [6.07, 6.45) is 2.47. The number of amides is 3. The third kappa shape index (κ3) is 4.72. The van der Waals surface area contributed by atoms with Crippen LogP contribution < -0.4 is 11.1 Å². The Balaban J connectivity index is 1.36. The maximum absolute atomic E-state index is 12.6. The number of carbonyl (C=O) groups excluding carboxylic acids is 3. The minimum Gasteiger partial charge on any atom is -0.365 e. The Hall–Kier alpha value is -2.53. The number of thioether (sulfide) groups is 1. The second-order valence-corrected chi connectivity index (χ2v) is 10.4. The summed E-state index contributed by atoms with van der Waals surface area (Å²) in [6.45, 7) is 0.356. The molecule has 0 spiro atoms. The van der Waals surface area contributed by atoms with Crippen LogP contribution >= 0.6 is 46.7 Å². The zero-order valence-electron chi connectivity index (χ0n) is 16.1. The Morgan fingerprint density at radius 2 is 2.00 bits per heavy atom. The minimum absolute atomic E-state index is 0.135. The van der Waals surface area contributed by atoms with E-state index < -0.39 is 5.91 Å². The van der Waals surface area contributed by atoms with Gasteiger partial charge in [-0.05, 0) is 30.0 Å². The van der Waals surface area contributed by atoms with Crippen molar-refractivity contribution in [3.05, 3.63) is 57.1 Å². The van der Waals surface area contributed by atoms with Crippen LogP contribution in [-0.4, -0.2) is 33.5 Å². The van der Waals surface area contributed by atoms with Gasteiger partial charge in [-0.15, -0.1) is 22.7 Å². The average Bonchev–Trinajstić information content (AvgIpc) is 3.42. The number of benzene rings is 1. The second-order valence-electron chi connectivity index (χ2n) is 6.67. The van der Waals surface area contributed by atoms with Crippen LogP contribution in [0.2, 0.25) is 0 Å². The molecule has 158 valence electrons. The Labute approximate surface area is 196 Å². The standard InChI is InChI=1S/C21H17N3O3S4/c22-18(26)17-13-6-1-2-7-14(13)30-19(17)23-16(25)8-3-9-24-20(27)15(31-21(24)28)11-12-5-4-10-29-12/h1-2,4-7,10-11H,3,8-9H2,(H2,22,26)(H,23,25)/b15-11+. The van der Waals surface area contributed by atoms with Crippen LogP contribution in [0, 0.1) is 0 Å². The molecular weight excluding hydrogens is 471 g/mol. The third-order valence-corrected chi connectivity index (χ3v) is 7.85. The van der Waals surface area contributed by atoms with Gasteiger partial charge < -0.3 is 11.1 Å². The first kappa shape index (κ1) is 21.7. The molecule has 1 aliphatic heterocycles. The van der Waals surface area contributed by atoms with Gasteiger partial charge in [-0.1, -0.05) is 48.2 Å². The lowest BCUT2D eigenvalue weighted by Crippen LogP contribution is -2.29.